The highest BCUT2D eigenvalue weighted by Crippen LogP contribution is 2.31. The van der Waals surface area contributed by atoms with Gasteiger partial charge in [-0.05, 0) is 31.1 Å². The molecule has 0 amide bonds. The maximum Gasteiger partial charge on any atom is -0.0170 e. The zero-order chi connectivity index (χ0) is 15.0. The predicted molar refractivity (Wildman–Crippen MR) is 99.7 cm³/mol. The van der Waals surface area contributed by atoms with Crippen LogP contribution >= 0.6 is 8.58 Å². The van der Waals surface area contributed by atoms with Crippen molar-refractivity contribution in [2.75, 3.05) is 6.16 Å². The van der Waals surface area contributed by atoms with Gasteiger partial charge in [-0.25, -0.2) is 0 Å². The fourth-order valence-corrected chi connectivity index (χ4v) is 4.99. The number of rotatable bonds is 9. The topological polar surface area (TPSA) is 0 Å². The number of hydrogen-bond donors (Lipinski definition) is 0. The van der Waals surface area contributed by atoms with Crippen LogP contribution in [-0.2, 0) is 0 Å². The molecule has 0 bridgehead atoms. The molecule has 1 radical (unpaired) electrons. The van der Waals surface area contributed by atoms with Crippen molar-refractivity contribution in [2.24, 2.45) is 0 Å². The summed E-state index contributed by atoms with van der Waals surface area (Å²) in [5.74, 6) is 0. The Kier molecular flexibility index (Phi) is 14.2. The summed E-state index contributed by atoms with van der Waals surface area (Å²) in [5.41, 5.74) is 1.04. The van der Waals surface area contributed by atoms with Crippen molar-refractivity contribution in [1.82, 2.24) is 0 Å². The van der Waals surface area contributed by atoms with E-state index >= 15 is 0 Å². The van der Waals surface area contributed by atoms with Crippen LogP contribution in [0.2, 0.25) is 0 Å². The van der Waals surface area contributed by atoms with Gasteiger partial charge in [0.15, 0.2) is 0 Å². The molecule has 0 heterocycles. The smallest absolute Gasteiger partial charge is 0.0170 e. The van der Waals surface area contributed by atoms with Gasteiger partial charge in [0, 0.05) is 0 Å². The lowest BCUT2D eigenvalue weighted by Crippen LogP contribution is -2.02. The highest BCUT2D eigenvalue weighted by Gasteiger charge is 2.10. The normalized spacial score (nSPS) is 19.9. The lowest BCUT2D eigenvalue weighted by molar-refractivity contribution is 0.585. The average molecular weight is 312 g/mol. The zero-order valence-corrected chi connectivity index (χ0v) is 15.6. The van der Waals surface area contributed by atoms with Crippen molar-refractivity contribution in [1.29, 1.82) is 0 Å². The second kappa shape index (κ2) is 15.3. The van der Waals surface area contributed by atoms with Crippen molar-refractivity contribution in [3.05, 3.63) is 0 Å². The summed E-state index contributed by atoms with van der Waals surface area (Å²) in [6.45, 7) is 2.31. The molecule has 0 spiro atoms. The second-order valence-corrected chi connectivity index (χ2v) is 8.63. The Balaban J connectivity index is 1.99. The first-order chi connectivity index (χ1) is 10.4. The van der Waals surface area contributed by atoms with Crippen LogP contribution in [0, 0.1) is 0 Å². The molecule has 0 N–H and O–H groups in total. The van der Waals surface area contributed by atoms with Crippen LogP contribution < -0.4 is 0 Å². The fraction of sp³-hybridized carbons (Fsp3) is 1.00. The van der Waals surface area contributed by atoms with Gasteiger partial charge in [0.2, 0.25) is 0 Å². The van der Waals surface area contributed by atoms with Crippen LogP contribution in [0.3, 0.4) is 0 Å². The first-order valence-electron chi connectivity index (χ1n) is 10.1. The molecule has 0 aliphatic heterocycles. The van der Waals surface area contributed by atoms with Crippen molar-refractivity contribution >= 4 is 8.58 Å². The molecule has 1 heteroatoms. The quantitative estimate of drug-likeness (QED) is 0.299. The number of unbranched alkanes of at least 4 members (excludes halogenated alkanes) is 6. The van der Waals surface area contributed by atoms with Crippen molar-refractivity contribution < 1.29 is 0 Å². The fourth-order valence-electron chi connectivity index (χ4n) is 3.49. The van der Waals surface area contributed by atoms with E-state index in [0.29, 0.717) is 0 Å². The summed E-state index contributed by atoms with van der Waals surface area (Å²) in [6.07, 6.45) is 26.8. The van der Waals surface area contributed by atoms with Gasteiger partial charge in [-0.15, -0.1) is 0 Å². The Morgan fingerprint density at radius 3 is 1.67 bits per heavy atom. The van der Waals surface area contributed by atoms with Crippen LogP contribution in [0.5, 0.6) is 0 Å². The van der Waals surface area contributed by atoms with E-state index in [9.17, 15) is 0 Å². The summed E-state index contributed by atoms with van der Waals surface area (Å²) in [4.78, 5) is 0. The Bertz CT molecular complexity index is 190. The molecular formula is C20H40P. The Morgan fingerprint density at radius 2 is 1.10 bits per heavy atom. The molecular weight excluding hydrogens is 271 g/mol. The van der Waals surface area contributed by atoms with Gasteiger partial charge in [-0.1, -0.05) is 105 Å². The molecule has 0 aromatic carbocycles. The summed E-state index contributed by atoms with van der Waals surface area (Å²) in [6, 6.07) is 0. The Labute approximate surface area is 137 Å². The van der Waals surface area contributed by atoms with Gasteiger partial charge in [0.05, 0.1) is 0 Å². The minimum absolute atomic E-state index is 1.04. The van der Waals surface area contributed by atoms with Crippen molar-refractivity contribution in [2.45, 2.75) is 122 Å². The van der Waals surface area contributed by atoms with E-state index in [2.05, 4.69) is 6.92 Å². The van der Waals surface area contributed by atoms with Gasteiger partial charge in [0.1, 0.15) is 0 Å². The van der Waals surface area contributed by atoms with E-state index in [4.69, 9.17) is 0 Å². The van der Waals surface area contributed by atoms with Crippen LogP contribution in [0.4, 0.5) is 0 Å². The van der Waals surface area contributed by atoms with E-state index in [1.807, 2.05) is 0 Å². The van der Waals surface area contributed by atoms with E-state index in [1.165, 1.54) is 115 Å². The van der Waals surface area contributed by atoms with Crippen LogP contribution in [0.25, 0.3) is 0 Å². The van der Waals surface area contributed by atoms with Gasteiger partial charge in [0.25, 0.3) is 0 Å². The minimum atomic E-state index is 1.04. The molecule has 1 rings (SSSR count). The predicted octanol–water partition coefficient (Wildman–Crippen LogP) is 7.97. The summed E-state index contributed by atoms with van der Waals surface area (Å²) in [5, 5.41) is 0. The van der Waals surface area contributed by atoms with Crippen LogP contribution in [0.1, 0.15) is 116 Å². The maximum absolute atomic E-state index is 2.31. The third-order valence-corrected chi connectivity index (χ3v) is 6.58. The molecule has 0 aromatic heterocycles. The van der Waals surface area contributed by atoms with Crippen molar-refractivity contribution in [3.63, 3.8) is 0 Å². The zero-order valence-electron chi connectivity index (χ0n) is 14.8. The second-order valence-electron chi connectivity index (χ2n) is 7.09. The minimum Gasteiger partial charge on any atom is -0.0775 e. The standard InChI is InChI=1S/C20H40P/c1-2-3-4-5-10-13-16-19-21-20-17-14-11-8-6-7-9-12-15-18-20/h20H,2-19H2,1H3. The third kappa shape index (κ3) is 12.6. The molecule has 1 aliphatic rings. The van der Waals surface area contributed by atoms with Crippen LogP contribution in [-0.4, -0.2) is 11.8 Å². The maximum atomic E-state index is 2.31. The van der Waals surface area contributed by atoms with Gasteiger partial charge in [-0.3, -0.25) is 0 Å². The highest BCUT2D eigenvalue weighted by molar-refractivity contribution is 7.38. The van der Waals surface area contributed by atoms with E-state index in [0.717, 1.165) is 5.66 Å². The van der Waals surface area contributed by atoms with Gasteiger partial charge in [-0.2, -0.15) is 0 Å². The lowest BCUT2D eigenvalue weighted by atomic mass is 10.1. The third-order valence-electron chi connectivity index (χ3n) is 4.97. The molecule has 0 saturated heterocycles. The molecule has 125 valence electrons. The molecule has 1 saturated carbocycles. The Morgan fingerprint density at radius 1 is 0.619 bits per heavy atom. The lowest BCUT2D eigenvalue weighted by Gasteiger charge is -2.15. The number of hydrogen-bond acceptors (Lipinski definition) is 0. The monoisotopic (exact) mass is 311 g/mol. The largest absolute Gasteiger partial charge is 0.0775 e. The summed E-state index contributed by atoms with van der Waals surface area (Å²) in [7, 11) is 1.79. The van der Waals surface area contributed by atoms with E-state index in [1.54, 1.807) is 8.58 Å². The van der Waals surface area contributed by atoms with Crippen LogP contribution in [0.15, 0.2) is 0 Å². The first-order valence-corrected chi connectivity index (χ1v) is 11.2. The van der Waals surface area contributed by atoms with Gasteiger partial charge < -0.3 is 0 Å². The molecule has 0 unspecified atom stereocenters. The van der Waals surface area contributed by atoms with E-state index < -0.39 is 0 Å². The average Bonchev–Trinajstić information content (AvgIpc) is 2.56. The first kappa shape index (κ1) is 19.5. The SMILES string of the molecule is CCCCCCCCC[P]C1CCCCCCCCCC1. The molecule has 0 atom stereocenters. The summed E-state index contributed by atoms with van der Waals surface area (Å²) >= 11 is 0. The highest BCUT2D eigenvalue weighted by atomic mass is 31.1. The molecule has 1 fully saturated rings. The molecule has 1 aliphatic carbocycles. The molecule has 0 nitrogen and oxygen atoms in total. The molecule has 21 heavy (non-hydrogen) atoms. The van der Waals surface area contributed by atoms with Gasteiger partial charge >= 0.3 is 0 Å². The van der Waals surface area contributed by atoms with E-state index in [-0.39, 0.29) is 0 Å². The van der Waals surface area contributed by atoms with Crippen molar-refractivity contribution in [3.8, 4) is 0 Å². The molecule has 0 aromatic rings. The Hall–Kier alpha value is 0.430. The summed E-state index contributed by atoms with van der Waals surface area (Å²) < 4.78 is 0.